The number of H-pyrrole nitrogens is 1. The molecule has 80 valence electrons. The molecule has 0 atom stereocenters. The number of aromatic nitrogens is 2. The van der Waals surface area contributed by atoms with Gasteiger partial charge in [-0.1, -0.05) is 0 Å². The van der Waals surface area contributed by atoms with Crippen molar-refractivity contribution < 1.29 is 13.0 Å². The first-order valence-electron chi connectivity index (χ1n) is 3.49. The number of aliphatic imine (C=N–C) groups is 1. The zero-order chi connectivity index (χ0) is 11.2. The molecule has 0 fully saturated rings. The Morgan fingerprint density at radius 2 is 2.21 bits per heavy atom. The van der Waals surface area contributed by atoms with E-state index in [4.69, 9.17) is 10.3 Å². The largest absolute Gasteiger partial charge is 0.381 e. The summed E-state index contributed by atoms with van der Waals surface area (Å²) in [6.07, 6.45) is 4.05. The van der Waals surface area contributed by atoms with E-state index in [1.807, 2.05) is 0 Å². The zero-order valence-corrected chi connectivity index (χ0v) is 8.61. The van der Waals surface area contributed by atoms with Gasteiger partial charge >= 0.3 is 0 Å². The molecule has 1 heterocycles. The van der Waals surface area contributed by atoms with Gasteiger partial charge in [-0.25, -0.2) is 4.98 Å². The molecule has 8 heteroatoms. The van der Waals surface area contributed by atoms with Crippen molar-refractivity contribution in [2.45, 2.75) is 0 Å². The maximum Gasteiger partial charge on any atom is 0.261 e. The van der Waals surface area contributed by atoms with Gasteiger partial charge in [-0.15, -0.1) is 0 Å². The first kappa shape index (κ1) is 12.6. The van der Waals surface area contributed by atoms with Crippen LogP contribution in [0.1, 0.15) is 5.82 Å². The van der Waals surface area contributed by atoms with Crippen molar-refractivity contribution in [2.24, 2.45) is 10.7 Å². The minimum absolute atomic E-state index is 0.431. The standard InChI is InChI=1S/C5H8N4.CH4O3S/c1-7-4(6)5-8-2-3-9-5;1-5(2,3)4/h2-3H,1H3,(H2,6,7)(H,8,9);1H3,(H,2,3,4). The molecule has 0 aliphatic carbocycles. The molecular formula is C6H12N4O3S. The topological polar surface area (TPSA) is 121 Å². The number of aromatic amines is 1. The van der Waals surface area contributed by atoms with Gasteiger partial charge in [-0.05, 0) is 0 Å². The van der Waals surface area contributed by atoms with Crippen LogP contribution in [0.5, 0.6) is 0 Å². The first-order valence-corrected chi connectivity index (χ1v) is 5.34. The fraction of sp³-hybridized carbons (Fsp3) is 0.333. The maximum absolute atomic E-state index is 9.19. The average Bonchev–Trinajstić information content (AvgIpc) is 2.51. The summed E-state index contributed by atoms with van der Waals surface area (Å²) in [7, 11) is -2.04. The van der Waals surface area contributed by atoms with Crippen molar-refractivity contribution >= 4 is 16.0 Å². The molecule has 4 N–H and O–H groups in total. The van der Waals surface area contributed by atoms with E-state index < -0.39 is 10.1 Å². The molecule has 0 saturated heterocycles. The molecule has 0 amide bonds. The fourth-order valence-corrected chi connectivity index (χ4v) is 0.511. The van der Waals surface area contributed by atoms with E-state index in [1.54, 1.807) is 19.4 Å². The van der Waals surface area contributed by atoms with Crippen molar-refractivity contribution in [3.63, 3.8) is 0 Å². The summed E-state index contributed by atoms with van der Waals surface area (Å²) in [6, 6.07) is 0. The SMILES string of the molecule is CN=C(N)c1ncc[nH]1.CS(=O)(=O)O. The molecule has 0 bridgehead atoms. The van der Waals surface area contributed by atoms with Crippen LogP contribution >= 0.6 is 0 Å². The third-order valence-corrected chi connectivity index (χ3v) is 0.982. The Kier molecular flexibility index (Phi) is 4.81. The Morgan fingerprint density at radius 3 is 2.50 bits per heavy atom. The molecular weight excluding hydrogens is 208 g/mol. The minimum Gasteiger partial charge on any atom is -0.381 e. The summed E-state index contributed by atoms with van der Waals surface area (Å²) in [5.74, 6) is 1.05. The van der Waals surface area contributed by atoms with Crippen molar-refractivity contribution in [1.82, 2.24) is 9.97 Å². The van der Waals surface area contributed by atoms with E-state index >= 15 is 0 Å². The molecule has 0 aliphatic rings. The highest BCUT2D eigenvalue weighted by molar-refractivity contribution is 7.85. The van der Waals surface area contributed by atoms with Crippen LogP contribution in [0.2, 0.25) is 0 Å². The van der Waals surface area contributed by atoms with Gasteiger partial charge in [0.25, 0.3) is 10.1 Å². The van der Waals surface area contributed by atoms with Crippen LogP contribution in [0, 0.1) is 0 Å². The number of nitrogens with one attached hydrogen (secondary N) is 1. The summed E-state index contributed by atoms with van der Waals surface area (Å²) >= 11 is 0. The van der Waals surface area contributed by atoms with E-state index in [2.05, 4.69) is 15.0 Å². The minimum atomic E-state index is -3.67. The highest BCUT2D eigenvalue weighted by Crippen LogP contribution is 1.84. The van der Waals surface area contributed by atoms with Gasteiger partial charge in [0.15, 0.2) is 11.7 Å². The van der Waals surface area contributed by atoms with Crippen LogP contribution in [0.3, 0.4) is 0 Å². The lowest BCUT2D eigenvalue weighted by Crippen LogP contribution is -2.14. The normalized spacial score (nSPS) is 11.8. The molecule has 1 rings (SSSR count). The number of hydrogen-bond acceptors (Lipinski definition) is 4. The Balaban J connectivity index is 0.000000292. The van der Waals surface area contributed by atoms with E-state index in [-0.39, 0.29) is 0 Å². The van der Waals surface area contributed by atoms with Gasteiger partial charge in [-0.3, -0.25) is 9.55 Å². The molecule has 1 aromatic rings. The Morgan fingerprint density at radius 1 is 1.71 bits per heavy atom. The van der Waals surface area contributed by atoms with Crippen LogP contribution in [0.15, 0.2) is 17.4 Å². The van der Waals surface area contributed by atoms with Crippen LogP contribution in [0.25, 0.3) is 0 Å². The Bertz CT molecular complexity index is 373. The summed E-state index contributed by atoms with van der Waals surface area (Å²) in [5, 5.41) is 0. The molecule has 1 aromatic heterocycles. The average molecular weight is 220 g/mol. The fourth-order valence-electron chi connectivity index (χ4n) is 0.511. The number of nitrogens with zero attached hydrogens (tertiary/aromatic N) is 2. The molecule has 0 saturated carbocycles. The third kappa shape index (κ3) is 7.25. The van der Waals surface area contributed by atoms with Crippen LogP contribution in [-0.2, 0) is 10.1 Å². The van der Waals surface area contributed by atoms with Gasteiger partial charge in [0.05, 0.1) is 6.26 Å². The molecule has 0 spiro atoms. The predicted octanol–water partition coefficient (Wildman–Crippen LogP) is -0.751. The van der Waals surface area contributed by atoms with Gasteiger partial charge in [-0.2, -0.15) is 8.42 Å². The Labute approximate surface area is 81.8 Å². The van der Waals surface area contributed by atoms with E-state index in [0.29, 0.717) is 17.9 Å². The second kappa shape index (κ2) is 5.35. The van der Waals surface area contributed by atoms with Crippen LogP contribution < -0.4 is 5.73 Å². The van der Waals surface area contributed by atoms with Gasteiger partial charge in [0, 0.05) is 19.4 Å². The lowest BCUT2D eigenvalue weighted by atomic mass is 10.6. The number of amidine groups is 1. The van der Waals surface area contributed by atoms with Crippen LogP contribution in [0.4, 0.5) is 0 Å². The molecule has 0 aromatic carbocycles. The summed E-state index contributed by atoms with van der Waals surface area (Å²) < 4.78 is 25.9. The molecule has 14 heavy (non-hydrogen) atoms. The number of nitrogens with two attached hydrogens (primary N) is 1. The number of hydrogen-bond donors (Lipinski definition) is 3. The summed E-state index contributed by atoms with van der Waals surface area (Å²) in [4.78, 5) is 10.4. The van der Waals surface area contributed by atoms with E-state index in [0.717, 1.165) is 0 Å². The number of rotatable bonds is 1. The Hall–Kier alpha value is -1.41. The molecule has 0 aliphatic heterocycles. The van der Waals surface area contributed by atoms with Crippen molar-refractivity contribution in [3.05, 3.63) is 18.2 Å². The first-order chi connectivity index (χ1) is 6.34. The molecule has 0 unspecified atom stereocenters. The highest BCUT2D eigenvalue weighted by Gasteiger charge is 1.95. The van der Waals surface area contributed by atoms with E-state index in [9.17, 15) is 8.42 Å². The second-order valence-corrected chi connectivity index (χ2v) is 3.75. The highest BCUT2D eigenvalue weighted by atomic mass is 32.2. The third-order valence-electron chi connectivity index (χ3n) is 0.982. The molecule has 0 radical (unpaired) electrons. The zero-order valence-electron chi connectivity index (χ0n) is 7.80. The van der Waals surface area contributed by atoms with Gasteiger partial charge in [0.2, 0.25) is 0 Å². The van der Waals surface area contributed by atoms with Crippen molar-refractivity contribution in [1.29, 1.82) is 0 Å². The lowest BCUT2D eigenvalue weighted by molar-refractivity contribution is 0.490. The van der Waals surface area contributed by atoms with Gasteiger partial charge in [0.1, 0.15) is 0 Å². The lowest BCUT2D eigenvalue weighted by Gasteiger charge is -1.89. The summed E-state index contributed by atoms with van der Waals surface area (Å²) in [6.45, 7) is 0. The monoisotopic (exact) mass is 220 g/mol. The van der Waals surface area contributed by atoms with Crippen LogP contribution in [-0.4, -0.2) is 42.1 Å². The second-order valence-electron chi connectivity index (χ2n) is 2.28. The molecule has 7 nitrogen and oxygen atoms in total. The maximum atomic E-state index is 9.19. The van der Waals surface area contributed by atoms with E-state index in [1.165, 1.54) is 0 Å². The summed E-state index contributed by atoms with van der Waals surface area (Å²) in [5.41, 5.74) is 5.39. The quantitative estimate of drug-likeness (QED) is 0.326. The van der Waals surface area contributed by atoms with Gasteiger partial charge < -0.3 is 10.7 Å². The van der Waals surface area contributed by atoms with Crippen molar-refractivity contribution in [2.75, 3.05) is 13.3 Å². The smallest absolute Gasteiger partial charge is 0.261 e. The van der Waals surface area contributed by atoms with Crippen molar-refractivity contribution in [3.8, 4) is 0 Å². The predicted molar refractivity (Wildman–Crippen MR) is 52.7 cm³/mol. The number of imidazole rings is 1.